The number of rotatable bonds is 12. The van der Waals surface area contributed by atoms with E-state index in [0.29, 0.717) is 30.2 Å². The number of hydrogen-bond acceptors (Lipinski definition) is 6. The Hall–Kier alpha value is -3.00. The molecule has 0 radical (unpaired) electrons. The molecule has 0 fully saturated rings. The SMILES string of the molecule is CCCCOC(=O)c1ccc(NC(=O)CSCC(=O)Nc2ccc(OCC)cc2)cc1. The minimum Gasteiger partial charge on any atom is -0.494 e. The molecule has 2 N–H and O–H groups in total. The molecular formula is C23H28N2O5S. The summed E-state index contributed by atoms with van der Waals surface area (Å²) >= 11 is 1.22. The summed E-state index contributed by atoms with van der Waals surface area (Å²) in [5, 5.41) is 5.52. The minimum absolute atomic E-state index is 0.136. The van der Waals surface area contributed by atoms with Crippen molar-refractivity contribution in [3.8, 4) is 5.75 Å². The van der Waals surface area contributed by atoms with E-state index in [-0.39, 0.29) is 29.3 Å². The summed E-state index contributed by atoms with van der Waals surface area (Å²) in [6.45, 7) is 4.92. The summed E-state index contributed by atoms with van der Waals surface area (Å²) in [5.74, 6) is 0.249. The largest absolute Gasteiger partial charge is 0.494 e. The highest BCUT2D eigenvalue weighted by Crippen LogP contribution is 2.16. The van der Waals surface area contributed by atoms with Gasteiger partial charge in [0.15, 0.2) is 0 Å². The number of amides is 2. The fourth-order valence-electron chi connectivity index (χ4n) is 2.51. The highest BCUT2D eigenvalue weighted by molar-refractivity contribution is 8.00. The van der Waals surface area contributed by atoms with Crippen LogP contribution in [-0.4, -0.2) is 42.5 Å². The van der Waals surface area contributed by atoms with E-state index in [2.05, 4.69) is 10.6 Å². The maximum atomic E-state index is 12.1. The molecule has 0 spiro atoms. The highest BCUT2D eigenvalue weighted by atomic mass is 32.2. The van der Waals surface area contributed by atoms with Crippen molar-refractivity contribution in [3.05, 3.63) is 54.1 Å². The second kappa shape index (κ2) is 13.3. The van der Waals surface area contributed by atoms with Gasteiger partial charge in [0.1, 0.15) is 5.75 Å². The Balaban J connectivity index is 1.69. The number of nitrogens with one attached hydrogen (secondary N) is 2. The average molecular weight is 445 g/mol. The summed E-state index contributed by atoms with van der Waals surface area (Å²) in [4.78, 5) is 36.0. The van der Waals surface area contributed by atoms with E-state index in [1.807, 2.05) is 13.8 Å². The Bertz CT molecular complexity index is 853. The second-order valence-corrected chi connectivity index (χ2v) is 7.60. The first-order valence-electron chi connectivity index (χ1n) is 10.2. The van der Waals surface area contributed by atoms with Crippen molar-refractivity contribution in [2.24, 2.45) is 0 Å². The number of thioether (sulfide) groups is 1. The van der Waals surface area contributed by atoms with Crippen LogP contribution in [-0.2, 0) is 14.3 Å². The summed E-state index contributed by atoms with van der Waals surface area (Å²) < 4.78 is 10.5. The lowest BCUT2D eigenvalue weighted by atomic mass is 10.2. The third-order valence-corrected chi connectivity index (χ3v) is 4.98. The van der Waals surface area contributed by atoms with Gasteiger partial charge in [-0.25, -0.2) is 4.79 Å². The molecule has 2 amide bonds. The molecule has 0 aromatic heterocycles. The van der Waals surface area contributed by atoms with Gasteiger partial charge in [-0.2, -0.15) is 0 Å². The first-order chi connectivity index (χ1) is 15.0. The Kier molecular flexibility index (Phi) is 10.4. The van der Waals surface area contributed by atoms with Gasteiger partial charge in [-0.3, -0.25) is 9.59 Å². The van der Waals surface area contributed by atoms with E-state index in [0.717, 1.165) is 18.6 Å². The lowest BCUT2D eigenvalue weighted by molar-refractivity contribution is -0.114. The predicted octanol–water partition coefficient (Wildman–Crippen LogP) is 4.35. The van der Waals surface area contributed by atoms with E-state index in [1.165, 1.54) is 11.8 Å². The quantitative estimate of drug-likeness (QED) is 0.373. The molecule has 7 nitrogen and oxygen atoms in total. The van der Waals surface area contributed by atoms with E-state index in [1.54, 1.807) is 48.5 Å². The third-order valence-electron chi connectivity index (χ3n) is 4.05. The van der Waals surface area contributed by atoms with Gasteiger partial charge < -0.3 is 20.1 Å². The first kappa shape index (κ1) is 24.3. The Morgan fingerprint density at radius 1 is 0.839 bits per heavy atom. The smallest absolute Gasteiger partial charge is 0.338 e. The van der Waals surface area contributed by atoms with Crippen molar-refractivity contribution in [2.45, 2.75) is 26.7 Å². The monoisotopic (exact) mass is 444 g/mol. The van der Waals surface area contributed by atoms with Gasteiger partial charge in [-0.15, -0.1) is 11.8 Å². The van der Waals surface area contributed by atoms with Gasteiger partial charge in [0.25, 0.3) is 0 Å². The van der Waals surface area contributed by atoms with Crippen LogP contribution < -0.4 is 15.4 Å². The molecule has 2 aromatic carbocycles. The van der Waals surface area contributed by atoms with Gasteiger partial charge in [-0.05, 0) is 61.9 Å². The number of ether oxygens (including phenoxy) is 2. The normalized spacial score (nSPS) is 10.3. The van der Waals surface area contributed by atoms with Crippen molar-refractivity contribution < 1.29 is 23.9 Å². The van der Waals surface area contributed by atoms with E-state index >= 15 is 0 Å². The van der Waals surface area contributed by atoms with Crippen LogP contribution in [0.3, 0.4) is 0 Å². The number of benzene rings is 2. The summed E-state index contributed by atoms with van der Waals surface area (Å²) in [6.07, 6.45) is 1.79. The molecule has 8 heteroatoms. The predicted molar refractivity (Wildman–Crippen MR) is 124 cm³/mol. The van der Waals surface area contributed by atoms with Crippen LogP contribution >= 0.6 is 11.8 Å². The number of esters is 1. The molecule has 0 saturated carbocycles. The molecule has 0 aliphatic rings. The molecule has 2 rings (SSSR count). The number of carbonyl (C=O) groups is 3. The maximum Gasteiger partial charge on any atom is 0.338 e. The zero-order valence-electron chi connectivity index (χ0n) is 17.8. The molecule has 0 saturated heterocycles. The van der Waals surface area contributed by atoms with Gasteiger partial charge in [-0.1, -0.05) is 13.3 Å². The van der Waals surface area contributed by atoms with Crippen LogP contribution in [0.1, 0.15) is 37.0 Å². The zero-order chi connectivity index (χ0) is 22.5. The Morgan fingerprint density at radius 3 is 1.90 bits per heavy atom. The molecule has 166 valence electrons. The van der Waals surface area contributed by atoms with Crippen LogP contribution in [0.4, 0.5) is 11.4 Å². The van der Waals surface area contributed by atoms with Gasteiger partial charge in [0, 0.05) is 11.4 Å². The van der Waals surface area contributed by atoms with Crippen molar-refractivity contribution >= 4 is 40.9 Å². The number of anilines is 2. The topological polar surface area (TPSA) is 93.7 Å². The molecule has 0 aliphatic heterocycles. The second-order valence-electron chi connectivity index (χ2n) is 6.61. The highest BCUT2D eigenvalue weighted by Gasteiger charge is 2.09. The molecule has 0 heterocycles. The van der Waals surface area contributed by atoms with Crippen molar-refractivity contribution in [2.75, 3.05) is 35.4 Å². The van der Waals surface area contributed by atoms with E-state index in [9.17, 15) is 14.4 Å². The van der Waals surface area contributed by atoms with Crippen molar-refractivity contribution in [1.82, 2.24) is 0 Å². The maximum absolute atomic E-state index is 12.1. The summed E-state index contributed by atoms with van der Waals surface area (Å²) in [7, 11) is 0. The van der Waals surface area contributed by atoms with Gasteiger partial charge >= 0.3 is 5.97 Å². The molecule has 0 unspecified atom stereocenters. The molecular weight excluding hydrogens is 416 g/mol. The molecule has 0 bridgehead atoms. The van der Waals surface area contributed by atoms with Crippen LogP contribution in [0.15, 0.2) is 48.5 Å². The molecule has 2 aromatic rings. The van der Waals surface area contributed by atoms with Crippen LogP contribution in [0, 0.1) is 0 Å². The summed E-state index contributed by atoms with van der Waals surface area (Å²) in [5.41, 5.74) is 1.69. The minimum atomic E-state index is -0.375. The zero-order valence-corrected chi connectivity index (χ0v) is 18.6. The number of unbranched alkanes of at least 4 members (excludes halogenated alkanes) is 1. The fraction of sp³-hybridized carbons (Fsp3) is 0.348. The van der Waals surface area contributed by atoms with Crippen LogP contribution in [0.2, 0.25) is 0 Å². The van der Waals surface area contributed by atoms with Crippen LogP contribution in [0.25, 0.3) is 0 Å². The first-order valence-corrected chi connectivity index (χ1v) is 11.3. The van der Waals surface area contributed by atoms with Crippen molar-refractivity contribution in [1.29, 1.82) is 0 Å². The van der Waals surface area contributed by atoms with Crippen molar-refractivity contribution in [3.63, 3.8) is 0 Å². The Labute approximate surface area is 186 Å². The number of hydrogen-bond donors (Lipinski definition) is 2. The molecule has 0 atom stereocenters. The molecule has 0 aliphatic carbocycles. The van der Waals surface area contributed by atoms with E-state index < -0.39 is 0 Å². The van der Waals surface area contributed by atoms with Gasteiger partial charge in [0.2, 0.25) is 11.8 Å². The Morgan fingerprint density at radius 2 is 1.39 bits per heavy atom. The van der Waals surface area contributed by atoms with Crippen LogP contribution in [0.5, 0.6) is 5.75 Å². The third kappa shape index (κ3) is 9.13. The standard InChI is InChI=1S/C23H28N2O5S/c1-3-5-14-30-23(28)17-6-8-18(9-7-17)24-21(26)15-31-16-22(27)25-19-10-12-20(13-11-19)29-4-2/h6-13H,3-5,14-16H2,1-2H3,(H,24,26)(H,25,27). The lowest BCUT2D eigenvalue weighted by Crippen LogP contribution is -2.18. The average Bonchev–Trinajstić information content (AvgIpc) is 2.76. The van der Waals surface area contributed by atoms with E-state index in [4.69, 9.17) is 9.47 Å². The molecule has 31 heavy (non-hydrogen) atoms. The number of carbonyl (C=O) groups excluding carboxylic acids is 3. The van der Waals surface area contributed by atoms with Gasteiger partial charge in [0.05, 0.1) is 30.3 Å². The fourth-order valence-corrected chi connectivity index (χ4v) is 3.13. The summed E-state index contributed by atoms with van der Waals surface area (Å²) in [6, 6.07) is 13.6. The lowest BCUT2D eigenvalue weighted by Gasteiger charge is -2.08.